The van der Waals surface area contributed by atoms with Gasteiger partial charge in [-0.05, 0) is 26.0 Å². The summed E-state index contributed by atoms with van der Waals surface area (Å²) in [6.45, 7) is 14.4. The molecule has 0 aliphatic rings. The van der Waals surface area contributed by atoms with Crippen LogP contribution in [0.3, 0.4) is 0 Å². The number of aryl methyl sites for hydroxylation is 1. The van der Waals surface area contributed by atoms with Crippen LogP contribution in [0.25, 0.3) is 0 Å². The largest absolute Gasteiger partial charge is 0.466 e. The fourth-order valence-electron chi connectivity index (χ4n) is 3.89. The van der Waals surface area contributed by atoms with E-state index in [9.17, 15) is 13.2 Å². The monoisotopic (exact) mass is 800 g/mol. The van der Waals surface area contributed by atoms with Crippen molar-refractivity contribution < 1.29 is 79.0 Å². The first kappa shape index (κ1) is 50.1. The van der Waals surface area contributed by atoms with Crippen molar-refractivity contribution in [1.29, 1.82) is 0 Å². The Bertz CT molecular complexity index is 1060. The second kappa shape index (κ2) is 38.0. The lowest BCUT2D eigenvalue weighted by Crippen LogP contribution is -2.16. The Hall–Kier alpha value is -1.88. The maximum absolute atomic E-state index is 12.1. The van der Waals surface area contributed by atoms with E-state index in [0.29, 0.717) is 159 Å². The van der Waals surface area contributed by atoms with Gasteiger partial charge in [-0.15, -0.1) is 0 Å². The van der Waals surface area contributed by atoms with Crippen molar-refractivity contribution in [2.45, 2.75) is 25.2 Å². The minimum atomic E-state index is -3.78. The Morgan fingerprint density at radius 2 is 0.685 bits per heavy atom. The second-order valence-electron chi connectivity index (χ2n) is 11.0. The second-order valence-corrected chi connectivity index (χ2v) is 12.6. The molecule has 0 radical (unpaired) electrons. The molecule has 0 bridgehead atoms. The number of benzene rings is 1. The minimum absolute atomic E-state index is 0.0649. The molecule has 316 valence electrons. The van der Waals surface area contributed by atoms with Crippen LogP contribution in [0.15, 0.2) is 29.2 Å². The lowest BCUT2D eigenvalue weighted by Gasteiger charge is -2.09. The first-order valence-electron chi connectivity index (χ1n) is 18.5. The fraction of sp³-hybridized carbons (Fsp3) is 0.806. The van der Waals surface area contributed by atoms with E-state index in [4.69, 9.17) is 65.8 Å². The predicted molar refractivity (Wildman–Crippen MR) is 195 cm³/mol. The van der Waals surface area contributed by atoms with E-state index < -0.39 is 10.1 Å². The third-order valence-electron chi connectivity index (χ3n) is 6.62. The van der Waals surface area contributed by atoms with Gasteiger partial charge < -0.3 is 61.6 Å². The van der Waals surface area contributed by atoms with E-state index >= 15 is 0 Å². The highest BCUT2D eigenvalue weighted by atomic mass is 32.2. The quantitative estimate of drug-likeness (QED) is 0.0531. The Kier molecular flexibility index (Phi) is 35.3. The molecule has 0 unspecified atom stereocenters. The number of esters is 1. The molecule has 0 aromatic heterocycles. The summed E-state index contributed by atoms with van der Waals surface area (Å²) < 4.78 is 99.1. The third-order valence-corrected chi connectivity index (χ3v) is 7.95. The highest BCUT2D eigenvalue weighted by Crippen LogP contribution is 2.12. The van der Waals surface area contributed by atoms with Crippen LogP contribution in [0, 0.1) is 6.92 Å². The molecule has 0 heterocycles. The number of ether oxygens (including phenoxy) is 13. The van der Waals surface area contributed by atoms with Gasteiger partial charge in [0.2, 0.25) is 0 Å². The summed E-state index contributed by atoms with van der Waals surface area (Å²) in [6.07, 6.45) is 0.248. The fourth-order valence-corrected chi connectivity index (χ4v) is 4.78. The summed E-state index contributed by atoms with van der Waals surface area (Å²) in [4.78, 5) is 11.3. The molecule has 0 fully saturated rings. The smallest absolute Gasteiger partial charge is 0.308 e. The molecule has 0 amide bonds. The lowest BCUT2D eigenvalue weighted by atomic mass is 10.2. The Morgan fingerprint density at radius 3 is 0.963 bits per heavy atom. The number of hydrogen-bond donors (Lipinski definition) is 0. The van der Waals surface area contributed by atoms with Gasteiger partial charge in [-0.1, -0.05) is 17.7 Å². The number of carbonyl (C=O) groups excluding carboxylic acids is 1. The highest BCUT2D eigenvalue weighted by Gasteiger charge is 2.14. The summed E-state index contributed by atoms with van der Waals surface area (Å²) in [7, 11) is -3.78. The van der Waals surface area contributed by atoms with Crippen LogP contribution in [-0.4, -0.2) is 186 Å². The number of carbonyl (C=O) groups is 1. The van der Waals surface area contributed by atoms with E-state index in [1.165, 1.54) is 12.1 Å². The van der Waals surface area contributed by atoms with Crippen LogP contribution in [0.2, 0.25) is 0 Å². The van der Waals surface area contributed by atoms with Crippen LogP contribution in [0.1, 0.15) is 18.9 Å². The summed E-state index contributed by atoms with van der Waals surface area (Å²) in [5, 5.41) is 0. The molecule has 54 heavy (non-hydrogen) atoms. The van der Waals surface area contributed by atoms with E-state index in [1.807, 2.05) is 6.92 Å². The van der Waals surface area contributed by atoms with Crippen LogP contribution in [0.4, 0.5) is 0 Å². The molecule has 18 heteroatoms. The molecule has 1 aromatic rings. The first-order chi connectivity index (χ1) is 26.5. The number of hydrogen-bond acceptors (Lipinski definition) is 17. The predicted octanol–water partition coefficient (Wildman–Crippen LogP) is 1.85. The Balaban J connectivity index is 1.66. The molecule has 1 rings (SSSR count). The van der Waals surface area contributed by atoms with Gasteiger partial charge in [0.05, 0.1) is 183 Å². The molecule has 0 atom stereocenters. The average Bonchev–Trinajstić information content (AvgIpc) is 3.16. The summed E-state index contributed by atoms with van der Waals surface area (Å²) in [5.41, 5.74) is 0.971. The maximum Gasteiger partial charge on any atom is 0.308 e. The minimum Gasteiger partial charge on any atom is -0.466 e. The van der Waals surface area contributed by atoms with Crippen LogP contribution >= 0.6 is 0 Å². The van der Waals surface area contributed by atoms with E-state index in [1.54, 1.807) is 19.1 Å². The standard InChI is InChI=1S/C36H64O17S/c1-3-52-36(37)8-9-40-10-11-41-12-13-42-14-15-43-16-17-44-18-19-45-20-21-46-22-23-47-24-25-48-26-27-49-28-29-50-30-31-51-32-33-53-54(38,39)35-6-4-34(2)5-7-35/h4-7H,3,8-33H2,1-2H3. The molecule has 0 saturated heterocycles. The molecule has 0 spiro atoms. The zero-order valence-electron chi connectivity index (χ0n) is 32.2. The zero-order chi connectivity index (χ0) is 39.1. The van der Waals surface area contributed by atoms with Gasteiger partial charge in [0, 0.05) is 0 Å². The normalized spacial score (nSPS) is 11.7. The zero-order valence-corrected chi connectivity index (χ0v) is 33.1. The molecule has 0 aliphatic heterocycles. The summed E-state index contributed by atoms with van der Waals surface area (Å²) >= 11 is 0. The summed E-state index contributed by atoms with van der Waals surface area (Å²) in [5.74, 6) is -0.258. The van der Waals surface area contributed by atoms with E-state index in [2.05, 4.69) is 0 Å². The van der Waals surface area contributed by atoms with Crippen molar-refractivity contribution in [3.63, 3.8) is 0 Å². The van der Waals surface area contributed by atoms with E-state index in [0.717, 1.165) is 5.56 Å². The topological polar surface area (TPSA) is 180 Å². The van der Waals surface area contributed by atoms with Crippen molar-refractivity contribution in [2.24, 2.45) is 0 Å². The van der Waals surface area contributed by atoms with Crippen molar-refractivity contribution >= 4 is 16.1 Å². The Labute approximate surface area is 321 Å². The molecule has 0 aliphatic carbocycles. The van der Waals surface area contributed by atoms with Gasteiger partial charge in [-0.25, -0.2) is 0 Å². The van der Waals surface area contributed by atoms with Gasteiger partial charge in [0.1, 0.15) is 0 Å². The van der Waals surface area contributed by atoms with Crippen LogP contribution in [-0.2, 0) is 80.7 Å². The Morgan fingerprint density at radius 1 is 0.426 bits per heavy atom. The van der Waals surface area contributed by atoms with E-state index in [-0.39, 0.29) is 30.5 Å². The highest BCUT2D eigenvalue weighted by molar-refractivity contribution is 7.86. The molecular formula is C36H64O17S. The molecule has 0 saturated carbocycles. The molecule has 1 aromatic carbocycles. The van der Waals surface area contributed by atoms with Gasteiger partial charge >= 0.3 is 5.97 Å². The van der Waals surface area contributed by atoms with Crippen LogP contribution in [0.5, 0.6) is 0 Å². The van der Waals surface area contributed by atoms with Crippen molar-refractivity contribution in [1.82, 2.24) is 0 Å². The van der Waals surface area contributed by atoms with Crippen molar-refractivity contribution in [3.05, 3.63) is 29.8 Å². The lowest BCUT2D eigenvalue weighted by molar-refractivity contribution is -0.144. The van der Waals surface area contributed by atoms with Gasteiger partial charge in [-0.2, -0.15) is 8.42 Å². The van der Waals surface area contributed by atoms with Crippen molar-refractivity contribution in [2.75, 3.05) is 172 Å². The molecule has 0 N–H and O–H groups in total. The number of rotatable bonds is 42. The SMILES string of the molecule is CCOC(=O)CCOCCOCCOCCOCCOCCOCCOCCOCCOCCOCCOCCOCCOS(=O)(=O)c1ccc(C)cc1. The third kappa shape index (κ3) is 33.5. The maximum atomic E-state index is 12.1. The molecule has 17 nitrogen and oxygen atoms in total. The average molecular weight is 801 g/mol. The van der Waals surface area contributed by atoms with Crippen LogP contribution < -0.4 is 0 Å². The van der Waals surface area contributed by atoms with Crippen molar-refractivity contribution in [3.8, 4) is 0 Å². The molecular weight excluding hydrogens is 736 g/mol. The first-order valence-corrected chi connectivity index (χ1v) is 19.9. The van der Waals surface area contributed by atoms with Gasteiger partial charge in [0.15, 0.2) is 0 Å². The summed E-state index contributed by atoms with van der Waals surface area (Å²) in [6, 6.07) is 6.47. The van der Waals surface area contributed by atoms with Gasteiger partial charge in [-0.3, -0.25) is 8.98 Å². The van der Waals surface area contributed by atoms with Gasteiger partial charge in [0.25, 0.3) is 10.1 Å².